The highest BCUT2D eigenvalue weighted by atomic mass is 16.5. The molecule has 1 heterocycles. The molecule has 0 aromatic heterocycles. The standard InChI is InChI=1S/C12H20O2/c1-9-6-7-12(14-9)11(13)8-10-4-2-3-5-10/h9-10,12H,2-8H2,1H3. The van der Waals surface area contributed by atoms with Crippen LogP contribution in [0.4, 0.5) is 0 Å². The third-order valence-corrected chi connectivity index (χ3v) is 3.56. The van der Waals surface area contributed by atoms with Crippen molar-refractivity contribution in [2.75, 3.05) is 0 Å². The molecule has 1 aliphatic heterocycles. The highest BCUT2D eigenvalue weighted by molar-refractivity contribution is 5.83. The molecule has 0 aromatic rings. The normalized spacial score (nSPS) is 33.8. The van der Waals surface area contributed by atoms with Gasteiger partial charge >= 0.3 is 0 Å². The van der Waals surface area contributed by atoms with Crippen LogP contribution >= 0.6 is 0 Å². The van der Waals surface area contributed by atoms with Gasteiger partial charge in [0.1, 0.15) is 6.10 Å². The van der Waals surface area contributed by atoms with E-state index < -0.39 is 0 Å². The van der Waals surface area contributed by atoms with Gasteiger partial charge in [-0.05, 0) is 25.7 Å². The topological polar surface area (TPSA) is 26.3 Å². The average Bonchev–Trinajstić information content (AvgIpc) is 2.75. The Kier molecular flexibility index (Phi) is 3.22. The summed E-state index contributed by atoms with van der Waals surface area (Å²) < 4.78 is 5.58. The van der Waals surface area contributed by atoms with E-state index in [1.165, 1.54) is 25.7 Å². The van der Waals surface area contributed by atoms with E-state index in [0.717, 1.165) is 19.3 Å². The number of hydrogen-bond donors (Lipinski definition) is 0. The first-order valence-electron chi connectivity index (χ1n) is 5.94. The Labute approximate surface area is 86.0 Å². The molecule has 80 valence electrons. The largest absolute Gasteiger partial charge is 0.368 e. The fraction of sp³-hybridized carbons (Fsp3) is 0.917. The van der Waals surface area contributed by atoms with E-state index in [9.17, 15) is 4.79 Å². The van der Waals surface area contributed by atoms with E-state index in [0.29, 0.717) is 17.8 Å². The van der Waals surface area contributed by atoms with Crippen LogP contribution in [0.5, 0.6) is 0 Å². The van der Waals surface area contributed by atoms with Crippen LogP contribution in [0, 0.1) is 5.92 Å². The summed E-state index contributed by atoms with van der Waals surface area (Å²) in [5, 5.41) is 0. The van der Waals surface area contributed by atoms with E-state index in [-0.39, 0.29) is 6.10 Å². The molecule has 0 amide bonds. The van der Waals surface area contributed by atoms with E-state index in [2.05, 4.69) is 6.92 Å². The third kappa shape index (κ3) is 2.35. The molecule has 2 aliphatic rings. The lowest BCUT2D eigenvalue weighted by Gasteiger charge is -2.13. The molecule has 2 rings (SSSR count). The van der Waals surface area contributed by atoms with E-state index in [1.54, 1.807) is 0 Å². The third-order valence-electron chi connectivity index (χ3n) is 3.56. The first-order chi connectivity index (χ1) is 6.75. The molecule has 2 unspecified atom stereocenters. The van der Waals surface area contributed by atoms with E-state index in [4.69, 9.17) is 4.74 Å². The van der Waals surface area contributed by atoms with Crippen LogP contribution in [0.2, 0.25) is 0 Å². The summed E-state index contributed by atoms with van der Waals surface area (Å²) in [6, 6.07) is 0. The van der Waals surface area contributed by atoms with Crippen molar-refractivity contribution in [1.29, 1.82) is 0 Å². The highest BCUT2D eigenvalue weighted by Crippen LogP contribution is 2.30. The van der Waals surface area contributed by atoms with Crippen LogP contribution in [-0.2, 0) is 9.53 Å². The van der Waals surface area contributed by atoms with Gasteiger partial charge in [0.05, 0.1) is 6.10 Å². The number of ether oxygens (including phenoxy) is 1. The molecule has 0 spiro atoms. The summed E-state index contributed by atoms with van der Waals surface area (Å²) in [4.78, 5) is 11.8. The number of rotatable bonds is 3. The van der Waals surface area contributed by atoms with Crippen molar-refractivity contribution in [3.63, 3.8) is 0 Å². The minimum atomic E-state index is -0.0643. The van der Waals surface area contributed by atoms with E-state index in [1.807, 2.05) is 0 Å². The summed E-state index contributed by atoms with van der Waals surface area (Å²) >= 11 is 0. The van der Waals surface area contributed by atoms with Crippen LogP contribution in [0.25, 0.3) is 0 Å². The SMILES string of the molecule is CC1CCC(C(=O)CC2CCCC2)O1. The molecule has 2 atom stereocenters. The first-order valence-corrected chi connectivity index (χ1v) is 5.94. The molecule has 1 saturated heterocycles. The monoisotopic (exact) mass is 196 g/mol. The first kappa shape index (κ1) is 10.2. The molecule has 14 heavy (non-hydrogen) atoms. The van der Waals surface area contributed by atoms with Gasteiger partial charge in [-0.2, -0.15) is 0 Å². The van der Waals surface area contributed by atoms with Gasteiger partial charge in [0, 0.05) is 6.42 Å². The maximum atomic E-state index is 11.8. The van der Waals surface area contributed by atoms with Crippen molar-refractivity contribution in [2.45, 2.75) is 64.1 Å². The Bertz CT molecular complexity index is 206. The van der Waals surface area contributed by atoms with Gasteiger partial charge in [0.15, 0.2) is 5.78 Å². The molecule has 1 aliphatic carbocycles. The average molecular weight is 196 g/mol. The van der Waals surface area contributed by atoms with Crippen LogP contribution < -0.4 is 0 Å². The lowest BCUT2D eigenvalue weighted by molar-refractivity contribution is -0.130. The molecule has 1 saturated carbocycles. The van der Waals surface area contributed by atoms with Crippen molar-refractivity contribution in [3.8, 4) is 0 Å². The molecular formula is C12H20O2. The number of ketones is 1. The quantitative estimate of drug-likeness (QED) is 0.693. The summed E-state index contributed by atoms with van der Waals surface area (Å²) in [6.45, 7) is 2.06. The summed E-state index contributed by atoms with van der Waals surface area (Å²) in [5.74, 6) is 1.03. The van der Waals surface area contributed by atoms with Crippen molar-refractivity contribution in [1.82, 2.24) is 0 Å². The number of Topliss-reactive ketones (excluding diaryl/α,β-unsaturated/α-hetero) is 1. The van der Waals surface area contributed by atoms with Crippen molar-refractivity contribution >= 4 is 5.78 Å². The molecule has 0 radical (unpaired) electrons. The fourth-order valence-electron chi connectivity index (χ4n) is 2.67. The zero-order valence-corrected chi connectivity index (χ0v) is 9.00. The number of hydrogen-bond acceptors (Lipinski definition) is 2. The minimum absolute atomic E-state index is 0.0643. The minimum Gasteiger partial charge on any atom is -0.368 e. The molecule has 2 nitrogen and oxygen atoms in total. The van der Waals surface area contributed by atoms with Gasteiger partial charge in [-0.25, -0.2) is 0 Å². The molecule has 2 heteroatoms. The van der Waals surface area contributed by atoms with Crippen LogP contribution in [0.3, 0.4) is 0 Å². The maximum Gasteiger partial charge on any atom is 0.161 e. The zero-order valence-electron chi connectivity index (χ0n) is 9.00. The molecular weight excluding hydrogens is 176 g/mol. The van der Waals surface area contributed by atoms with Crippen LogP contribution in [0.1, 0.15) is 51.9 Å². The van der Waals surface area contributed by atoms with Gasteiger partial charge in [-0.15, -0.1) is 0 Å². The predicted molar refractivity (Wildman–Crippen MR) is 55.2 cm³/mol. The smallest absolute Gasteiger partial charge is 0.161 e. The lowest BCUT2D eigenvalue weighted by Crippen LogP contribution is -2.22. The Morgan fingerprint density at radius 1 is 1.21 bits per heavy atom. The van der Waals surface area contributed by atoms with Crippen molar-refractivity contribution in [2.24, 2.45) is 5.92 Å². The maximum absolute atomic E-state index is 11.8. The summed E-state index contributed by atoms with van der Waals surface area (Å²) in [7, 11) is 0. The van der Waals surface area contributed by atoms with Gasteiger partial charge in [0.2, 0.25) is 0 Å². The van der Waals surface area contributed by atoms with Gasteiger partial charge < -0.3 is 4.74 Å². The van der Waals surface area contributed by atoms with E-state index >= 15 is 0 Å². The van der Waals surface area contributed by atoms with Crippen LogP contribution in [-0.4, -0.2) is 18.0 Å². The molecule has 0 bridgehead atoms. The summed E-state index contributed by atoms with van der Waals surface area (Å²) in [5.41, 5.74) is 0. The Balaban J connectivity index is 1.77. The second-order valence-electron chi connectivity index (χ2n) is 4.83. The Morgan fingerprint density at radius 3 is 2.50 bits per heavy atom. The number of carbonyl (C=O) groups excluding carboxylic acids is 1. The second-order valence-corrected chi connectivity index (χ2v) is 4.83. The van der Waals surface area contributed by atoms with Crippen LogP contribution in [0.15, 0.2) is 0 Å². The van der Waals surface area contributed by atoms with Crippen molar-refractivity contribution in [3.05, 3.63) is 0 Å². The molecule has 0 aromatic carbocycles. The van der Waals surface area contributed by atoms with Gasteiger partial charge in [-0.3, -0.25) is 4.79 Å². The highest BCUT2D eigenvalue weighted by Gasteiger charge is 2.30. The Hall–Kier alpha value is -0.370. The number of carbonyl (C=O) groups is 1. The second kappa shape index (κ2) is 4.43. The molecule has 2 fully saturated rings. The summed E-state index contributed by atoms with van der Waals surface area (Å²) in [6.07, 6.45) is 8.17. The fourth-order valence-corrected chi connectivity index (χ4v) is 2.67. The Morgan fingerprint density at radius 2 is 1.93 bits per heavy atom. The predicted octanol–water partition coefficient (Wildman–Crippen LogP) is 2.70. The van der Waals surface area contributed by atoms with Gasteiger partial charge in [0.25, 0.3) is 0 Å². The zero-order chi connectivity index (χ0) is 9.97. The van der Waals surface area contributed by atoms with Gasteiger partial charge in [-0.1, -0.05) is 25.7 Å². The molecule has 0 N–H and O–H groups in total. The van der Waals surface area contributed by atoms with Crippen molar-refractivity contribution < 1.29 is 9.53 Å². The lowest BCUT2D eigenvalue weighted by atomic mass is 9.97.